The van der Waals surface area contributed by atoms with Crippen LogP contribution in [0.2, 0.25) is 10.0 Å². The molecule has 0 aliphatic carbocycles. The van der Waals surface area contributed by atoms with Crippen molar-refractivity contribution in [3.63, 3.8) is 0 Å². The third-order valence-corrected chi connectivity index (χ3v) is 3.92. The van der Waals surface area contributed by atoms with Gasteiger partial charge in [-0.1, -0.05) is 41.4 Å². The number of nitrogens with one attached hydrogen (secondary N) is 2. The normalized spacial score (nSPS) is 10.2. The van der Waals surface area contributed by atoms with Crippen LogP contribution in [0, 0.1) is 0 Å². The minimum absolute atomic E-state index is 0.0934. The Morgan fingerprint density at radius 3 is 2.58 bits per heavy atom. The van der Waals surface area contributed by atoms with E-state index in [2.05, 4.69) is 15.6 Å². The minimum Gasteiger partial charge on any atom is -0.484 e. The summed E-state index contributed by atoms with van der Waals surface area (Å²) in [5.74, 6) is 0.767. The number of carbonyl (C=O) groups is 1. The number of carbonyl (C=O) groups excluding carboxylic acids is 1. The van der Waals surface area contributed by atoms with E-state index in [9.17, 15) is 4.79 Å². The molecule has 3 rings (SSSR count). The van der Waals surface area contributed by atoms with Crippen molar-refractivity contribution in [2.75, 3.05) is 17.2 Å². The Bertz CT molecular complexity index is 887. The predicted molar refractivity (Wildman–Crippen MR) is 105 cm³/mol. The van der Waals surface area contributed by atoms with Crippen molar-refractivity contribution in [1.82, 2.24) is 4.98 Å². The fourth-order valence-electron chi connectivity index (χ4n) is 2.14. The molecule has 26 heavy (non-hydrogen) atoms. The van der Waals surface area contributed by atoms with Gasteiger partial charge in [0.05, 0.1) is 22.6 Å². The molecular weight excluding hydrogens is 373 g/mol. The molecule has 0 saturated heterocycles. The molecule has 1 aromatic heterocycles. The number of aromatic nitrogens is 1. The number of benzene rings is 2. The van der Waals surface area contributed by atoms with Gasteiger partial charge in [0.25, 0.3) is 5.91 Å². The number of anilines is 3. The first-order valence-electron chi connectivity index (χ1n) is 7.76. The number of hydrogen-bond donors (Lipinski definition) is 2. The Morgan fingerprint density at radius 1 is 1.04 bits per heavy atom. The molecule has 5 nitrogen and oxygen atoms in total. The van der Waals surface area contributed by atoms with E-state index in [1.807, 2.05) is 18.2 Å². The number of nitrogens with zero attached hydrogens (tertiary/aromatic N) is 1. The lowest BCUT2D eigenvalue weighted by Gasteiger charge is -2.10. The lowest BCUT2D eigenvalue weighted by Crippen LogP contribution is -2.20. The lowest BCUT2D eigenvalue weighted by molar-refractivity contribution is -0.118. The van der Waals surface area contributed by atoms with Crippen molar-refractivity contribution in [3.05, 3.63) is 76.9 Å². The number of para-hydroxylation sites is 1. The highest BCUT2D eigenvalue weighted by molar-refractivity contribution is 6.35. The molecule has 0 spiro atoms. The molecule has 0 fully saturated rings. The van der Waals surface area contributed by atoms with Gasteiger partial charge >= 0.3 is 0 Å². The number of amides is 1. The number of hydrogen-bond acceptors (Lipinski definition) is 4. The third-order valence-electron chi connectivity index (χ3n) is 3.35. The van der Waals surface area contributed by atoms with Crippen LogP contribution in [0.1, 0.15) is 0 Å². The van der Waals surface area contributed by atoms with Crippen LogP contribution in [0.25, 0.3) is 0 Å². The van der Waals surface area contributed by atoms with E-state index in [0.29, 0.717) is 33.0 Å². The van der Waals surface area contributed by atoms with Gasteiger partial charge in [-0.2, -0.15) is 0 Å². The van der Waals surface area contributed by atoms with Crippen LogP contribution in [0.5, 0.6) is 5.75 Å². The van der Waals surface area contributed by atoms with Gasteiger partial charge in [0, 0.05) is 5.02 Å². The van der Waals surface area contributed by atoms with E-state index in [1.54, 1.807) is 48.7 Å². The van der Waals surface area contributed by atoms with E-state index < -0.39 is 0 Å². The van der Waals surface area contributed by atoms with Crippen LogP contribution >= 0.6 is 23.2 Å². The first-order valence-corrected chi connectivity index (χ1v) is 8.51. The molecule has 2 N–H and O–H groups in total. The quantitative estimate of drug-likeness (QED) is 0.613. The average molecular weight is 388 g/mol. The monoisotopic (exact) mass is 387 g/mol. The van der Waals surface area contributed by atoms with E-state index in [0.717, 1.165) is 0 Å². The molecule has 0 aliphatic heterocycles. The number of pyridine rings is 1. The lowest BCUT2D eigenvalue weighted by atomic mass is 10.3. The highest BCUT2D eigenvalue weighted by Crippen LogP contribution is 2.28. The van der Waals surface area contributed by atoms with Gasteiger partial charge in [0.15, 0.2) is 6.61 Å². The van der Waals surface area contributed by atoms with Crippen LogP contribution in [0.3, 0.4) is 0 Å². The number of halogens is 2. The predicted octanol–water partition coefficient (Wildman–Crippen LogP) is 5.15. The molecule has 0 bridgehead atoms. The summed E-state index contributed by atoms with van der Waals surface area (Å²) in [6.07, 6.45) is 1.59. The average Bonchev–Trinajstić information content (AvgIpc) is 2.65. The third kappa shape index (κ3) is 5.12. The highest BCUT2D eigenvalue weighted by Gasteiger charge is 2.06. The highest BCUT2D eigenvalue weighted by atomic mass is 35.5. The molecular formula is C19H15Cl2N3O2. The maximum absolute atomic E-state index is 11.9. The van der Waals surface area contributed by atoms with Crippen molar-refractivity contribution in [2.45, 2.75) is 0 Å². The van der Waals surface area contributed by atoms with E-state index in [-0.39, 0.29) is 12.5 Å². The first kappa shape index (κ1) is 18.0. The fraction of sp³-hybridized carbons (Fsp3) is 0.0526. The second-order valence-electron chi connectivity index (χ2n) is 5.33. The SMILES string of the molecule is O=C(COc1ccccc1)Nc1ccc(Nc2cc(Cl)ccc2Cl)cn1. The van der Waals surface area contributed by atoms with E-state index >= 15 is 0 Å². The molecule has 0 saturated carbocycles. The second kappa shape index (κ2) is 8.56. The second-order valence-corrected chi connectivity index (χ2v) is 6.17. The standard InChI is InChI=1S/C19H15Cl2N3O2/c20-13-6-8-16(21)17(10-13)23-14-7-9-18(22-11-14)24-19(25)12-26-15-4-2-1-3-5-15/h1-11,23H,12H2,(H,22,24,25). The molecule has 0 unspecified atom stereocenters. The summed E-state index contributed by atoms with van der Waals surface area (Å²) in [5.41, 5.74) is 1.39. The largest absolute Gasteiger partial charge is 0.484 e. The Balaban J connectivity index is 1.55. The summed E-state index contributed by atoms with van der Waals surface area (Å²) in [6.45, 7) is -0.0934. The van der Waals surface area contributed by atoms with Crippen LogP contribution in [-0.2, 0) is 4.79 Å². The fourth-order valence-corrected chi connectivity index (χ4v) is 2.47. The Kier molecular flexibility index (Phi) is 5.94. The van der Waals surface area contributed by atoms with Gasteiger partial charge in [-0.25, -0.2) is 4.98 Å². The van der Waals surface area contributed by atoms with Crippen molar-refractivity contribution in [2.24, 2.45) is 0 Å². The summed E-state index contributed by atoms with van der Waals surface area (Å²) in [7, 11) is 0. The topological polar surface area (TPSA) is 63.2 Å². The molecule has 0 atom stereocenters. The van der Waals surface area contributed by atoms with Crippen molar-refractivity contribution < 1.29 is 9.53 Å². The maximum Gasteiger partial charge on any atom is 0.263 e. The minimum atomic E-state index is -0.292. The summed E-state index contributed by atoms with van der Waals surface area (Å²) in [5, 5.41) is 6.92. The zero-order valence-corrected chi connectivity index (χ0v) is 15.1. The zero-order chi connectivity index (χ0) is 18.4. The van der Waals surface area contributed by atoms with Crippen LogP contribution < -0.4 is 15.4 Å². The van der Waals surface area contributed by atoms with Crippen molar-refractivity contribution >= 4 is 46.3 Å². The summed E-state index contributed by atoms with van der Waals surface area (Å²) in [6, 6.07) is 17.7. The molecule has 132 valence electrons. The summed E-state index contributed by atoms with van der Waals surface area (Å²) >= 11 is 12.1. The Morgan fingerprint density at radius 2 is 1.85 bits per heavy atom. The van der Waals surface area contributed by atoms with Crippen LogP contribution in [0.4, 0.5) is 17.2 Å². The molecule has 1 amide bonds. The Hall–Kier alpha value is -2.76. The zero-order valence-electron chi connectivity index (χ0n) is 13.6. The van der Waals surface area contributed by atoms with Gasteiger partial charge in [-0.15, -0.1) is 0 Å². The molecule has 0 aliphatic rings. The van der Waals surface area contributed by atoms with Crippen LogP contribution in [-0.4, -0.2) is 17.5 Å². The van der Waals surface area contributed by atoms with Crippen molar-refractivity contribution in [1.29, 1.82) is 0 Å². The van der Waals surface area contributed by atoms with Gasteiger partial charge in [0.2, 0.25) is 0 Å². The smallest absolute Gasteiger partial charge is 0.263 e. The van der Waals surface area contributed by atoms with E-state index in [1.165, 1.54) is 0 Å². The summed E-state index contributed by atoms with van der Waals surface area (Å²) < 4.78 is 5.39. The molecule has 1 heterocycles. The first-order chi connectivity index (χ1) is 12.6. The van der Waals surface area contributed by atoms with Crippen molar-refractivity contribution in [3.8, 4) is 5.75 Å². The number of rotatable bonds is 6. The van der Waals surface area contributed by atoms with Gasteiger partial charge in [-0.05, 0) is 42.5 Å². The molecule has 0 radical (unpaired) electrons. The van der Waals surface area contributed by atoms with E-state index in [4.69, 9.17) is 27.9 Å². The molecule has 7 heteroatoms. The molecule has 2 aromatic carbocycles. The van der Waals surface area contributed by atoms with Gasteiger partial charge in [0.1, 0.15) is 11.6 Å². The maximum atomic E-state index is 11.9. The van der Waals surface area contributed by atoms with Crippen LogP contribution in [0.15, 0.2) is 66.9 Å². The van der Waals surface area contributed by atoms with Gasteiger partial charge in [-0.3, -0.25) is 4.79 Å². The Labute approximate surface area is 160 Å². The summed E-state index contributed by atoms with van der Waals surface area (Å²) in [4.78, 5) is 16.1. The number of ether oxygens (including phenoxy) is 1. The van der Waals surface area contributed by atoms with Gasteiger partial charge < -0.3 is 15.4 Å². The molecule has 3 aromatic rings.